The highest BCUT2D eigenvalue weighted by molar-refractivity contribution is 7.89. The molecule has 2 saturated heterocycles. The van der Waals surface area contributed by atoms with Crippen LogP contribution in [0.25, 0.3) is 0 Å². The second kappa shape index (κ2) is 6.03. The van der Waals surface area contributed by atoms with Gasteiger partial charge < -0.3 is 5.32 Å². The van der Waals surface area contributed by atoms with E-state index in [2.05, 4.69) is 5.32 Å². The van der Waals surface area contributed by atoms with Crippen LogP contribution < -0.4 is 5.32 Å². The highest BCUT2D eigenvalue weighted by Gasteiger charge is 2.53. The van der Waals surface area contributed by atoms with Gasteiger partial charge in [0.05, 0.1) is 9.82 Å². The molecule has 1 spiro atoms. The van der Waals surface area contributed by atoms with E-state index in [1.807, 2.05) is 0 Å². The van der Waals surface area contributed by atoms with E-state index in [1.54, 1.807) is 0 Å². The van der Waals surface area contributed by atoms with Gasteiger partial charge in [-0.1, -0.05) is 6.42 Å². The summed E-state index contributed by atoms with van der Waals surface area (Å²) < 4.78 is 27.1. The predicted molar refractivity (Wildman–Crippen MR) is 92.7 cm³/mol. The summed E-state index contributed by atoms with van der Waals surface area (Å²) in [6.07, 6.45) is 5.71. The van der Waals surface area contributed by atoms with Crippen molar-refractivity contribution in [1.29, 1.82) is 0 Å². The van der Waals surface area contributed by atoms with Gasteiger partial charge in [-0.05, 0) is 49.1 Å². The van der Waals surface area contributed by atoms with E-state index in [4.69, 9.17) is 0 Å². The van der Waals surface area contributed by atoms with E-state index in [0.29, 0.717) is 30.5 Å². The van der Waals surface area contributed by atoms with Crippen molar-refractivity contribution in [3.8, 4) is 0 Å². The van der Waals surface area contributed by atoms with Gasteiger partial charge in [0.15, 0.2) is 0 Å². The zero-order valence-corrected chi connectivity index (χ0v) is 14.9. The van der Waals surface area contributed by atoms with Gasteiger partial charge in [0, 0.05) is 37.8 Å². The lowest BCUT2D eigenvalue weighted by Crippen LogP contribution is -2.69. The first-order chi connectivity index (χ1) is 11.9. The lowest BCUT2D eigenvalue weighted by Gasteiger charge is -2.60. The van der Waals surface area contributed by atoms with Crippen molar-refractivity contribution < 1.29 is 13.3 Å². The molecule has 8 heteroatoms. The molecule has 3 aliphatic rings. The molecule has 1 aromatic rings. The van der Waals surface area contributed by atoms with Crippen LogP contribution in [0.3, 0.4) is 0 Å². The molecule has 1 unspecified atom stereocenters. The zero-order valence-electron chi connectivity index (χ0n) is 14.1. The third-order valence-corrected chi connectivity index (χ3v) is 8.25. The molecular weight excluding hydrogens is 342 g/mol. The quantitative estimate of drug-likeness (QED) is 0.652. The number of hydrogen-bond acceptors (Lipinski definition) is 5. The van der Waals surface area contributed by atoms with Crippen molar-refractivity contribution in [3.63, 3.8) is 0 Å². The van der Waals surface area contributed by atoms with Gasteiger partial charge in [-0.3, -0.25) is 10.1 Å². The normalized spacial score (nSPS) is 26.8. The number of sulfonamides is 1. The number of piperidine rings is 1. The number of non-ortho nitro benzene ring substituents is 1. The van der Waals surface area contributed by atoms with Crippen molar-refractivity contribution in [2.45, 2.75) is 43.0 Å². The number of nitro benzene ring substituents is 1. The summed E-state index contributed by atoms with van der Waals surface area (Å²) >= 11 is 0. The Morgan fingerprint density at radius 3 is 2.24 bits per heavy atom. The predicted octanol–water partition coefficient (Wildman–Crippen LogP) is 2.14. The molecular formula is C17H23N3O4S. The van der Waals surface area contributed by atoms with Gasteiger partial charge in [-0.15, -0.1) is 0 Å². The van der Waals surface area contributed by atoms with E-state index < -0.39 is 14.9 Å². The van der Waals surface area contributed by atoms with Crippen molar-refractivity contribution in [1.82, 2.24) is 9.62 Å². The van der Waals surface area contributed by atoms with Crippen LogP contribution in [0.1, 0.15) is 32.1 Å². The number of nitro groups is 1. The van der Waals surface area contributed by atoms with Gasteiger partial charge in [-0.25, -0.2) is 8.42 Å². The molecule has 136 valence electrons. The minimum absolute atomic E-state index is 0.0977. The van der Waals surface area contributed by atoms with Crippen molar-refractivity contribution in [3.05, 3.63) is 34.4 Å². The molecule has 0 bridgehead atoms. The van der Waals surface area contributed by atoms with Crippen LogP contribution in [-0.4, -0.2) is 43.3 Å². The monoisotopic (exact) mass is 365 g/mol. The van der Waals surface area contributed by atoms with E-state index in [-0.39, 0.29) is 10.6 Å². The molecule has 2 heterocycles. The van der Waals surface area contributed by atoms with Crippen LogP contribution in [0.5, 0.6) is 0 Å². The number of hydrogen-bond donors (Lipinski definition) is 1. The summed E-state index contributed by atoms with van der Waals surface area (Å²) in [7, 11) is -3.57. The van der Waals surface area contributed by atoms with E-state index in [0.717, 1.165) is 19.4 Å². The van der Waals surface area contributed by atoms with Gasteiger partial charge >= 0.3 is 0 Å². The van der Waals surface area contributed by atoms with Gasteiger partial charge in [0.2, 0.25) is 10.0 Å². The summed E-state index contributed by atoms with van der Waals surface area (Å²) in [6.45, 7) is 2.18. The molecule has 3 fully saturated rings. The topological polar surface area (TPSA) is 92.5 Å². The summed E-state index contributed by atoms with van der Waals surface area (Å²) in [4.78, 5) is 10.3. The third-order valence-electron chi connectivity index (χ3n) is 6.34. The highest BCUT2D eigenvalue weighted by Crippen LogP contribution is 2.52. The Balaban J connectivity index is 1.42. The number of nitrogens with zero attached hydrogens (tertiary/aromatic N) is 2. The molecule has 0 aromatic heterocycles. The van der Waals surface area contributed by atoms with Crippen molar-refractivity contribution in [2.75, 3.05) is 19.6 Å². The Morgan fingerprint density at radius 2 is 1.80 bits per heavy atom. The van der Waals surface area contributed by atoms with Crippen LogP contribution >= 0.6 is 0 Å². The molecule has 4 rings (SSSR count). The average molecular weight is 365 g/mol. The van der Waals surface area contributed by atoms with Crippen molar-refractivity contribution >= 4 is 15.7 Å². The molecule has 1 N–H and O–H groups in total. The Hall–Kier alpha value is -1.51. The average Bonchev–Trinajstić information content (AvgIpc) is 2.53. The number of nitrogens with one attached hydrogen (secondary N) is 1. The molecule has 7 nitrogen and oxygen atoms in total. The number of rotatable bonds is 4. The third kappa shape index (κ3) is 2.76. The second-order valence-corrected chi connectivity index (χ2v) is 9.50. The smallest absolute Gasteiger partial charge is 0.269 e. The van der Waals surface area contributed by atoms with Gasteiger partial charge in [-0.2, -0.15) is 4.31 Å². The minimum atomic E-state index is -3.57. The summed E-state index contributed by atoms with van der Waals surface area (Å²) in [6, 6.07) is 5.72. The Bertz CT molecular complexity index is 760. The summed E-state index contributed by atoms with van der Waals surface area (Å²) in [5.74, 6) is 0.553. The van der Waals surface area contributed by atoms with Crippen molar-refractivity contribution in [2.24, 2.45) is 11.3 Å². The largest absolute Gasteiger partial charge is 0.312 e. The maximum atomic E-state index is 12.8. The van der Waals surface area contributed by atoms with Crippen LogP contribution in [0.15, 0.2) is 29.2 Å². The minimum Gasteiger partial charge on any atom is -0.312 e. The summed E-state index contributed by atoms with van der Waals surface area (Å²) in [5.41, 5.74) is 0.406. The van der Waals surface area contributed by atoms with Gasteiger partial charge in [0.1, 0.15) is 0 Å². The number of benzene rings is 1. The lowest BCUT2D eigenvalue weighted by atomic mass is 9.55. The Kier molecular flexibility index (Phi) is 4.09. The Labute approximate surface area is 147 Å². The maximum Gasteiger partial charge on any atom is 0.269 e. The highest BCUT2D eigenvalue weighted by atomic mass is 32.2. The van der Waals surface area contributed by atoms with E-state index in [9.17, 15) is 18.5 Å². The van der Waals surface area contributed by atoms with E-state index in [1.165, 1.54) is 47.8 Å². The molecule has 1 aromatic carbocycles. The maximum absolute atomic E-state index is 12.8. The fourth-order valence-corrected chi connectivity index (χ4v) is 6.10. The SMILES string of the molecule is O=[N+]([O-])c1ccc(S(=O)(=O)N2CCC(C3NCC34CCC4)CC2)cc1. The zero-order chi connectivity index (χ0) is 17.7. The molecule has 1 saturated carbocycles. The van der Waals surface area contributed by atoms with Crippen LogP contribution in [0.4, 0.5) is 5.69 Å². The molecule has 0 radical (unpaired) electrons. The molecule has 2 aliphatic heterocycles. The second-order valence-electron chi connectivity index (χ2n) is 7.57. The first-order valence-corrected chi connectivity index (χ1v) is 10.3. The fraction of sp³-hybridized carbons (Fsp3) is 0.647. The molecule has 1 atom stereocenters. The van der Waals surface area contributed by atoms with Crippen LogP contribution in [0.2, 0.25) is 0 Å². The molecule has 1 aliphatic carbocycles. The molecule has 25 heavy (non-hydrogen) atoms. The standard InChI is InChI=1S/C17H23N3O4S/c21-20(22)14-2-4-15(5-3-14)25(23,24)19-10-6-13(7-11-19)16-17(12-18-16)8-1-9-17/h2-5,13,16,18H,1,6-12H2. The first-order valence-electron chi connectivity index (χ1n) is 8.90. The lowest BCUT2D eigenvalue weighted by molar-refractivity contribution is -0.384. The fourth-order valence-electron chi connectivity index (χ4n) is 4.63. The van der Waals surface area contributed by atoms with Gasteiger partial charge in [0.25, 0.3) is 5.69 Å². The van der Waals surface area contributed by atoms with E-state index >= 15 is 0 Å². The molecule has 0 amide bonds. The summed E-state index contributed by atoms with van der Waals surface area (Å²) in [5, 5.41) is 14.3. The van der Waals surface area contributed by atoms with Crippen LogP contribution in [-0.2, 0) is 10.0 Å². The van der Waals surface area contributed by atoms with Crippen LogP contribution in [0, 0.1) is 21.4 Å². The first kappa shape index (κ1) is 16.9. The Morgan fingerprint density at radius 1 is 1.16 bits per heavy atom.